The molecule has 7 heteroatoms. The Labute approximate surface area is 161 Å². The van der Waals surface area contributed by atoms with Crippen molar-refractivity contribution in [2.75, 3.05) is 12.3 Å². The van der Waals surface area contributed by atoms with Gasteiger partial charge < -0.3 is 4.90 Å². The van der Waals surface area contributed by atoms with E-state index in [-0.39, 0.29) is 5.91 Å². The molecule has 136 valence electrons. The highest BCUT2D eigenvalue weighted by Gasteiger charge is 2.15. The van der Waals surface area contributed by atoms with E-state index in [1.165, 1.54) is 17.3 Å². The van der Waals surface area contributed by atoms with Gasteiger partial charge in [0.2, 0.25) is 11.1 Å². The maximum Gasteiger partial charge on any atom is 0.233 e. The number of carbonyl (C=O) groups is 1. The van der Waals surface area contributed by atoms with Gasteiger partial charge in [-0.1, -0.05) is 54.6 Å². The second kappa shape index (κ2) is 9.00. The van der Waals surface area contributed by atoms with Crippen LogP contribution in [0.15, 0.2) is 46.9 Å². The van der Waals surface area contributed by atoms with E-state index in [0.29, 0.717) is 17.5 Å². The number of hydrogen-bond donors (Lipinski definition) is 1. The molecule has 3 rings (SSSR count). The molecule has 1 amide bonds. The van der Waals surface area contributed by atoms with Crippen LogP contribution in [-0.2, 0) is 11.3 Å². The summed E-state index contributed by atoms with van der Waals surface area (Å²) in [6.07, 6.45) is 0.936. The summed E-state index contributed by atoms with van der Waals surface area (Å²) in [6, 6.07) is 12.3. The van der Waals surface area contributed by atoms with Crippen LogP contribution < -0.4 is 0 Å². The lowest BCUT2D eigenvalue weighted by molar-refractivity contribution is -0.129. The molecule has 1 N–H and O–H groups in total. The summed E-state index contributed by atoms with van der Waals surface area (Å²) in [5.41, 5.74) is 2.38. The maximum atomic E-state index is 12.7. The van der Waals surface area contributed by atoms with E-state index in [1.54, 1.807) is 11.3 Å². The predicted octanol–water partition coefficient (Wildman–Crippen LogP) is 4.37. The molecule has 1 aromatic carbocycles. The second-order valence-electron chi connectivity index (χ2n) is 6.03. The quantitative estimate of drug-likeness (QED) is 0.584. The largest absolute Gasteiger partial charge is 0.338 e. The fraction of sp³-hybridized carbons (Fsp3) is 0.316. The minimum absolute atomic E-state index is 0.111. The van der Waals surface area contributed by atoms with Gasteiger partial charge >= 0.3 is 0 Å². The first kappa shape index (κ1) is 18.7. The topological polar surface area (TPSA) is 61.9 Å². The zero-order valence-electron chi connectivity index (χ0n) is 14.9. The van der Waals surface area contributed by atoms with E-state index < -0.39 is 0 Å². The number of H-pyrrole nitrogens is 1. The predicted molar refractivity (Wildman–Crippen MR) is 107 cm³/mol. The molecule has 0 aliphatic heterocycles. The third-order valence-corrected chi connectivity index (χ3v) is 5.59. The molecule has 2 heterocycles. The fourth-order valence-electron chi connectivity index (χ4n) is 2.53. The van der Waals surface area contributed by atoms with E-state index in [1.807, 2.05) is 22.4 Å². The van der Waals surface area contributed by atoms with Gasteiger partial charge in [-0.2, -0.15) is 0 Å². The maximum absolute atomic E-state index is 12.7. The van der Waals surface area contributed by atoms with Gasteiger partial charge in [-0.05, 0) is 30.4 Å². The lowest BCUT2D eigenvalue weighted by Crippen LogP contribution is -2.32. The van der Waals surface area contributed by atoms with Gasteiger partial charge in [0.1, 0.15) is 0 Å². The van der Waals surface area contributed by atoms with Crippen LogP contribution in [0.4, 0.5) is 0 Å². The first-order chi connectivity index (χ1) is 12.7. The molecule has 5 nitrogen and oxygen atoms in total. The number of amides is 1. The molecule has 0 radical (unpaired) electrons. The third-order valence-electron chi connectivity index (χ3n) is 3.88. The van der Waals surface area contributed by atoms with Crippen molar-refractivity contribution in [3.8, 4) is 10.7 Å². The van der Waals surface area contributed by atoms with Gasteiger partial charge in [0.15, 0.2) is 5.82 Å². The summed E-state index contributed by atoms with van der Waals surface area (Å²) in [5.74, 6) is 1.20. The molecular formula is C19H22N4OS2. The summed E-state index contributed by atoms with van der Waals surface area (Å²) in [5, 5.41) is 9.75. The number of nitrogens with one attached hydrogen (secondary N) is 1. The first-order valence-corrected chi connectivity index (χ1v) is 10.4. The minimum Gasteiger partial charge on any atom is -0.338 e. The molecular weight excluding hydrogens is 364 g/mol. The third kappa shape index (κ3) is 4.95. The van der Waals surface area contributed by atoms with Crippen molar-refractivity contribution >= 4 is 29.0 Å². The van der Waals surface area contributed by atoms with Gasteiger partial charge in [-0.25, -0.2) is 4.98 Å². The molecule has 0 fully saturated rings. The van der Waals surface area contributed by atoms with Crippen LogP contribution in [0.3, 0.4) is 0 Å². The zero-order chi connectivity index (χ0) is 18.4. The molecule has 0 unspecified atom stereocenters. The Balaban J connectivity index is 1.58. The lowest BCUT2D eigenvalue weighted by atomic mass is 10.1. The summed E-state index contributed by atoms with van der Waals surface area (Å²) in [4.78, 5) is 20.1. The highest BCUT2D eigenvalue weighted by molar-refractivity contribution is 7.99. The number of aromatic amines is 1. The van der Waals surface area contributed by atoms with Crippen LogP contribution in [0.5, 0.6) is 0 Å². The van der Waals surface area contributed by atoms with E-state index in [2.05, 4.69) is 53.3 Å². The number of aryl methyl sites for hydroxylation is 1. The van der Waals surface area contributed by atoms with Crippen LogP contribution in [0.25, 0.3) is 10.7 Å². The van der Waals surface area contributed by atoms with E-state index in [0.717, 1.165) is 29.2 Å². The summed E-state index contributed by atoms with van der Waals surface area (Å²) < 4.78 is 0. The van der Waals surface area contributed by atoms with Crippen LogP contribution in [-0.4, -0.2) is 38.3 Å². The van der Waals surface area contributed by atoms with Crippen LogP contribution in [0, 0.1) is 6.92 Å². The van der Waals surface area contributed by atoms with Crippen molar-refractivity contribution < 1.29 is 4.79 Å². The molecule has 0 bridgehead atoms. The van der Waals surface area contributed by atoms with Crippen LogP contribution in [0.2, 0.25) is 0 Å². The Morgan fingerprint density at radius 3 is 2.77 bits per heavy atom. The van der Waals surface area contributed by atoms with Crippen LogP contribution >= 0.6 is 23.1 Å². The molecule has 0 saturated carbocycles. The Morgan fingerprint density at radius 1 is 1.27 bits per heavy atom. The Hall–Kier alpha value is -2.12. The number of nitrogens with zero attached hydrogens (tertiary/aromatic N) is 3. The summed E-state index contributed by atoms with van der Waals surface area (Å²) >= 11 is 2.98. The minimum atomic E-state index is 0.111. The smallest absolute Gasteiger partial charge is 0.233 e. The number of rotatable bonds is 8. The van der Waals surface area contributed by atoms with Crippen molar-refractivity contribution in [2.24, 2.45) is 0 Å². The summed E-state index contributed by atoms with van der Waals surface area (Å²) in [6.45, 7) is 5.55. The fourth-order valence-corrected chi connectivity index (χ4v) is 3.89. The summed E-state index contributed by atoms with van der Waals surface area (Å²) in [7, 11) is 0. The Bertz CT molecular complexity index is 828. The SMILES string of the molecule is CCCN(Cc1ccc(C)cc1)C(=O)CSc1n[nH]c(-c2cccs2)n1. The highest BCUT2D eigenvalue weighted by Crippen LogP contribution is 2.23. The van der Waals surface area contributed by atoms with Gasteiger partial charge in [0, 0.05) is 13.1 Å². The molecule has 0 aliphatic rings. The standard InChI is InChI=1S/C19H22N4OS2/c1-3-10-23(12-15-8-6-14(2)7-9-15)17(24)13-26-19-20-18(21-22-19)16-5-4-11-25-16/h4-9,11H,3,10,12-13H2,1-2H3,(H,20,21,22). The second-order valence-corrected chi connectivity index (χ2v) is 7.92. The van der Waals surface area contributed by atoms with E-state index in [9.17, 15) is 4.79 Å². The number of hydrogen-bond acceptors (Lipinski definition) is 5. The lowest BCUT2D eigenvalue weighted by Gasteiger charge is -2.22. The number of aromatic nitrogens is 3. The van der Waals surface area contributed by atoms with Gasteiger partial charge in [-0.3, -0.25) is 9.89 Å². The molecule has 0 aliphatic carbocycles. The first-order valence-electron chi connectivity index (χ1n) is 8.58. The average molecular weight is 387 g/mol. The van der Waals surface area contributed by atoms with E-state index >= 15 is 0 Å². The van der Waals surface area contributed by atoms with E-state index in [4.69, 9.17) is 0 Å². The molecule has 3 aromatic rings. The zero-order valence-corrected chi connectivity index (χ0v) is 16.6. The Kier molecular flexibility index (Phi) is 6.46. The monoisotopic (exact) mass is 386 g/mol. The molecule has 2 aromatic heterocycles. The van der Waals surface area contributed by atoms with Gasteiger partial charge in [0.05, 0.1) is 10.6 Å². The van der Waals surface area contributed by atoms with Crippen molar-refractivity contribution in [2.45, 2.75) is 32.0 Å². The molecule has 0 atom stereocenters. The number of carbonyl (C=O) groups excluding carboxylic acids is 1. The molecule has 26 heavy (non-hydrogen) atoms. The van der Waals surface area contributed by atoms with Crippen molar-refractivity contribution in [3.63, 3.8) is 0 Å². The molecule has 0 spiro atoms. The normalized spacial score (nSPS) is 10.8. The number of thiophene rings is 1. The van der Waals surface area contributed by atoms with Gasteiger partial charge in [0.25, 0.3) is 0 Å². The van der Waals surface area contributed by atoms with Crippen molar-refractivity contribution in [1.82, 2.24) is 20.1 Å². The van der Waals surface area contributed by atoms with Gasteiger partial charge in [-0.15, -0.1) is 16.4 Å². The highest BCUT2D eigenvalue weighted by atomic mass is 32.2. The number of benzene rings is 1. The number of thioether (sulfide) groups is 1. The Morgan fingerprint density at radius 2 is 2.08 bits per heavy atom. The van der Waals surface area contributed by atoms with Crippen molar-refractivity contribution in [1.29, 1.82) is 0 Å². The van der Waals surface area contributed by atoms with Crippen LogP contribution in [0.1, 0.15) is 24.5 Å². The average Bonchev–Trinajstić information content (AvgIpc) is 3.32. The van der Waals surface area contributed by atoms with Crippen molar-refractivity contribution in [3.05, 3.63) is 52.9 Å². The molecule has 0 saturated heterocycles.